The molecule has 2 saturated heterocycles. The van der Waals surface area contributed by atoms with Gasteiger partial charge >= 0.3 is 5.97 Å². The monoisotopic (exact) mass is 308 g/mol. The van der Waals surface area contributed by atoms with Crippen LogP contribution in [0.15, 0.2) is 24.3 Å². The van der Waals surface area contributed by atoms with E-state index in [0.29, 0.717) is 29.2 Å². The average Bonchev–Trinajstić information content (AvgIpc) is 2.53. The van der Waals surface area contributed by atoms with Crippen molar-refractivity contribution >= 4 is 17.6 Å². The first-order valence-electron chi connectivity index (χ1n) is 8.01. The van der Waals surface area contributed by atoms with Gasteiger partial charge in [-0.2, -0.15) is 0 Å². The highest BCUT2D eigenvalue weighted by Crippen LogP contribution is 2.21. The first kappa shape index (κ1) is 14.9. The number of rotatable bonds is 3. The SMILES string of the molecule is O=C(OCC1CCC[NH+]2CCCCC12)c1ccc(Cl)cc1. The highest BCUT2D eigenvalue weighted by atomic mass is 35.5. The topological polar surface area (TPSA) is 30.7 Å². The Balaban J connectivity index is 1.56. The molecule has 4 heteroatoms. The Morgan fingerprint density at radius 2 is 1.90 bits per heavy atom. The van der Waals surface area contributed by atoms with Crippen molar-refractivity contribution in [3.8, 4) is 0 Å². The number of quaternary nitrogens is 1. The van der Waals surface area contributed by atoms with Gasteiger partial charge in [-0.25, -0.2) is 4.79 Å². The normalized spacial score (nSPS) is 28.7. The van der Waals surface area contributed by atoms with Gasteiger partial charge in [0.25, 0.3) is 0 Å². The molecule has 0 aromatic heterocycles. The predicted octanol–water partition coefficient (Wildman–Crippen LogP) is 2.34. The molecule has 0 saturated carbocycles. The van der Waals surface area contributed by atoms with Crippen molar-refractivity contribution in [1.82, 2.24) is 0 Å². The largest absolute Gasteiger partial charge is 0.462 e. The number of hydrogen-bond acceptors (Lipinski definition) is 2. The quantitative estimate of drug-likeness (QED) is 0.869. The molecule has 0 spiro atoms. The van der Waals surface area contributed by atoms with E-state index >= 15 is 0 Å². The second kappa shape index (κ2) is 6.80. The second-order valence-corrected chi connectivity index (χ2v) is 6.70. The van der Waals surface area contributed by atoms with Crippen LogP contribution in [0.25, 0.3) is 0 Å². The Morgan fingerprint density at radius 1 is 1.14 bits per heavy atom. The number of ether oxygens (including phenoxy) is 1. The first-order chi connectivity index (χ1) is 10.2. The van der Waals surface area contributed by atoms with Crippen molar-refractivity contribution in [2.24, 2.45) is 5.92 Å². The molecule has 1 aromatic rings. The number of hydrogen-bond donors (Lipinski definition) is 1. The third-order valence-corrected chi connectivity index (χ3v) is 5.19. The summed E-state index contributed by atoms with van der Waals surface area (Å²) < 4.78 is 5.56. The molecule has 3 unspecified atom stereocenters. The van der Waals surface area contributed by atoms with E-state index in [1.165, 1.54) is 45.2 Å². The standard InChI is InChI=1S/C17H22ClNO2/c18-15-8-6-13(7-9-15)17(20)21-12-14-4-3-11-19-10-2-1-5-16(14)19/h6-9,14,16H,1-5,10-12H2/p+1. The molecule has 0 radical (unpaired) electrons. The fourth-order valence-electron chi connectivity index (χ4n) is 3.83. The molecule has 2 fully saturated rings. The molecule has 3 nitrogen and oxygen atoms in total. The number of carbonyl (C=O) groups excluding carboxylic acids is 1. The predicted molar refractivity (Wildman–Crippen MR) is 82.8 cm³/mol. The molecule has 2 aliphatic rings. The number of halogens is 1. The lowest BCUT2D eigenvalue weighted by Crippen LogP contribution is -3.18. The van der Waals surface area contributed by atoms with Crippen molar-refractivity contribution in [2.75, 3.05) is 19.7 Å². The molecule has 1 N–H and O–H groups in total. The third kappa shape index (κ3) is 3.58. The summed E-state index contributed by atoms with van der Waals surface area (Å²) in [4.78, 5) is 13.8. The van der Waals surface area contributed by atoms with E-state index in [0.717, 1.165) is 0 Å². The Labute approximate surface area is 131 Å². The Kier molecular flexibility index (Phi) is 4.81. The van der Waals surface area contributed by atoms with Crippen molar-refractivity contribution in [2.45, 2.75) is 38.1 Å². The van der Waals surface area contributed by atoms with Crippen LogP contribution in [-0.2, 0) is 4.74 Å². The van der Waals surface area contributed by atoms with Crippen molar-refractivity contribution in [3.05, 3.63) is 34.9 Å². The van der Waals surface area contributed by atoms with Crippen LogP contribution in [0.3, 0.4) is 0 Å². The zero-order chi connectivity index (χ0) is 14.7. The van der Waals surface area contributed by atoms with Gasteiger partial charge in [0.05, 0.1) is 24.7 Å². The Morgan fingerprint density at radius 3 is 2.71 bits per heavy atom. The maximum atomic E-state index is 12.1. The highest BCUT2D eigenvalue weighted by Gasteiger charge is 2.37. The molecule has 21 heavy (non-hydrogen) atoms. The van der Waals surface area contributed by atoms with Gasteiger partial charge in [0.1, 0.15) is 6.61 Å². The van der Waals surface area contributed by atoms with Gasteiger partial charge in [0.2, 0.25) is 0 Å². The molecule has 2 heterocycles. The molecular formula is C17H23ClNO2+. The summed E-state index contributed by atoms with van der Waals surface area (Å²) >= 11 is 5.84. The van der Waals surface area contributed by atoms with E-state index in [1.54, 1.807) is 29.2 Å². The van der Waals surface area contributed by atoms with E-state index < -0.39 is 0 Å². The maximum Gasteiger partial charge on any atom is 0.338 e. The summed E-state index contributed by atoms with van der Waals surface area (Å²) in [5.41, 5.74) is 0.586. The summed E-state index contributed by atoms with van der Waals surface area (Å²) in [6.45, 7) is 3.16. The van der Waals surface area contributed by atoms with Gasteiger partial charge < -0.3 is 9.64 Å². The highest BCUT2D eigenvalue weighted by molar-refractivity contribution is 6.30. The number of esters is 1. The van der Waals surface area contributed by atoms with Crippen molar-refractivity contribution in [1.29, 1.82) is 0 Å². The summed E-state index contributed by atoms with van der Waals surface area (Å²) in [6, 6.07) is 7.61. The summed E-state index contributed by atoms with van der Waals surface area (Å²) in [5, 5.41) is 0.639. The summed E-state index contributed by atoms with van der Waals surface area (Å²) in [7, 11) is 0. The number of carbonyl (C=O) groups is 1. The summed E-state index contributed by atoms with van der Waals surface area (Å²) in [5.74, 6) is 0.305. The van der Waals surface area contributed by atoms with Gasteiger partial charge in [-0.05, 0) is 56.4 Å². The van der Waals surface area contributed by atoms with E-state index in [1.807, 2.05) is 0 Å². The molecule has 114 valence electrons. The van der Waals surface area contributed by atoms with Crippen LogP contribution in [-0.4, -0.2) is 31.7 Å². The molecule has 2 aliphatic heterocycles. The molecule has 0 bridgehead atoms. The van der Waals surface area contributed by atoms with Crippen LogP contribution in [0.4, 0.5) is 0 Å². The lowest BCUT2D eigenvalue weighted by molar-refractivity contribution is -0.940. The number of piperidine rings is 2. The molecule has 3 rings (SSSR count). The van der Waals surface area contributed by atoms with Gasteiger partial charge in [-0.1, -0.05) is 11.6 Å². The minimum atomic E-state index is -0.227. The number of fused-ring (bicyclic) bond motifs is 1. The fraction of sp³-hybridized carbons (Fsp3) is 0.588. The lowest BCUT2D eigenvalue weighted by atomic mass is 9.84. The van der Waals surface area contributed by atoms with Gasteiger partial charge in [-0.15, -0.1) is 0 Å². The molecular weight excluding hydrogens is 286 g/mol. The van der Waals surface area contributed by atoms with Crippen LogP contribution in [0.2, 0.25) is 5.02 Å². The van der Waals surface area contributed by atoms with E-state index in [4.69, 9.17) is 16.3 Å². The van der Waals surface area contributed by atoms with Crippen LogP contribution < -0.4 is 4.90 Å². The van der Waals surface area contributed by atoms with Crippen molar-refractivity contribution < 1.29 is 14.4 Å². The van der Waals surface area contributed by atoms with Crippen LogP contribution in [0.5, 0.6) is 0 Å². The third-order valence-electron chi connectivity index (χ3n) is 4.94. The van der Waals surface area contributed by atoms with Crippen molar-refractivity contribution in [3.63, 3.8) is 0 Å². The molecule has 1 aromatic carbocycles. The van der Waals surface area contributed by atoms with Crippen LogP contribution in [0, 0.1) is 5.92 Å². The second-order valence-electron chi connectivity index (χ2n) is 6.27. The Hall–Kier alpha value is -1.06. The summed E-state index contributed by atoms with van der Waals surface area (Å²) in [6.07, 6.45) is 6.43. The minimum Gasteiger partial charge on any atom is -0.462 e. The van der Waals surface area contributed by atoms with Gasteiger partial charge in [0, 0.05) is 10.9 Å². The molecule has 0 amide bonds. The van der Waals surface area contributed by atoms with Gasteiger partial charge in [-0.3, -0.25) is 0 Å². The zero-order valence-electron chi connectivity index (χ0n) is 12.3. The fourth-order valence-corrected chi connectivity index (χ4v) is 3.96. The number of benzene rings is 1. The minimum absolute atomic E-state index is 0.227. The first-order valence-corrected chi connectivity index (χ1v) is 8.39. The van der Waals surface area contributed by atoms with Crippen LogP contribution >= 0.6 is 11.6 Å². The average molecular weight is 309 g/mol. The Bertz CT molecular complexity index is 486. The number of nitrogens with one attached hydrogen (secondary N) is 1. The lowest BCUT2D eigenvalue weighted by Gasteiger charge is -2.40. The van der Waals surface area contributed by atoms with E-state index in [-0.39, 0.29) is 5.97 Å². The van der Waals surface area contributed by atoms with Crippen LogP contribution in [0.1, 0.15) is 42.5 Å². The molecule has 0 aliphatic carbocycles. The van der Waals surface area contributed by atoms with E-state index in [9.17, 15) is 4.79 Å². The van der Waals surface area contributed by atoms with Gasteiger partial charge in [0.15, 0.2) is 0 Å². The maximum absolute atomic E-state index is 12.1. The van der Waals surface area contributed by atoms with E-state index in [2.05, 4.69) is 0 Å². The smallest absolute Gasteiger partial charge is 0.338 e. The molecule has 3 atom stereocenters. The zero-order valence-corrected chi connectivity index (χ0v) is 13.1.